The minimum atomic E-state index is -0.0549. The van der Waals surface area contributed by atoms with Crippen molar-refractivity contribution in [3.63, 3.8) is 0 Å². The summed E-state index contributed by atoms with van der Waals surface area (Å²) in [5.74, 6) is 0.444. The van der Waals surface area contributed by atoms with Crippen molar-refractivity contribution in [2.45, 2.75) is 32.9 Å². The van der Waals surface area contributed by atoms with Crippen LogP contribution in [0.3, 0.4) is 0 Å². The molecular weight excluding hydrogens is 212 g/mol. The lowest BCUT2D eigenvalue weighted by molar-refractivity contribution is -0.131. The highest BCUT2D eigenvalue weighted by molar-refractivity contribution is 5.76. The van der Waals surface area contributed by atoms with Gasteiger partial charge in [0.2, 0.25) is 5.91 Å². The molecular formula is C14H22N2O. The van der Waals surface area contributed by atoms with Gasteiger partial charge in [-0.1, -0.05) is 44.2 Å². The molecule has 0 aliphatic rings. The van der Waals surface area contributed by atoms with Gasteiger partial charge in [0.25, 0.3) is 0 Å². The molecule has 0 spiro atoms. The van der Waals surface area contributed by atoms with Crippen LogP contribution in [0.2, 0.25) is 0 Å². The monoisotopic (exact) mass is 234 g/mol. The molecule has 0 heterocycles. The van der Waals surface area contributed by atoms with Crippen LogP contribution in [0.15, 0.2) is 30.3 Å². The van der Waals surface area contributed by atoms with Crippen molar-refractivity contribution in [1.82, 2.24) is 4.90 Å². The van der Waals surface area contributed by atoms with Crippen LogP contribution in [0.5, 0.6) is 0 Å². The van der Waals surface area contributed by atoms with Crippen molar-refractivity contribution >= 4 is 5.91 Å². The van der Waals surface area contributed by atoms with Gasteiger partial charge in [0.15, 0.2) is 0 Å². The maximum absolute atomic E-state index is 11.9. The van der Waals surface area contributed by atoms with Crippen molar-refractivity contribution < 1.29 is 4.79 Å². The molecule has 0 saturated heterocycles. The van der Waals surface area contributed by atoms with Gasteiger partial charge >= 0.3 is 0 Å². The van der Waals surface area contributed by atoms with E-state index in [1.54, 1.807) is 4.90 Å². The summed E-state index contributed by atoms with van der Waals surface area (Å²) in [4.78, 5) is 13.6. The standard InChI is InChI=1S/C14H22N2O/c1-11(2)13(15)9-14(17)16(3)10-12-7-5-4-6-8-12/h4-8,11,13H,9-10,15H2,1-3H3. The number of hydrogen-bond donors (Lipinski definition) is 1. The smallest absolute Gasteiger partial charge is 0.224 e. The fraction of sp³-hybridized carbons (Fsp3) is 0.500. The molecule has 1 atom stereocenters. The van der Waals surface area contributed by atoms with E-state index >= 15 is 0 Å². The summed E-state index contributed by atoms with van der Waals surface area (Å²) < 4.78 is 0. The largest absolute Gasteiger partial charge is 0.341 e. The number of benzene rings is 1. The Morgan fingerprint density at radius 2 is 1.88 bits per heavy atom. The van der Waals surface area contributed by atoms with E-state index < -0.39 is 0 Å². The number of nitrogens with two attached hydrogens (primary N) is 1. The molecule has 1 aromatic carbocycles. The summed E-state index contributed by atoms with van der Waals surface area (Å²) in [6.07, 6.45) is 0.418. The van der Waals surface area contributed by atoms with Crippen LogP contribution in [0.25, 0.3) is 0 Å². The third-order valence-electron chi connectivity index (χ3n) is 2.95. The molecule has 0 aliphatic heterocycles. The topological polar surface area (TPSA) is 46.3 Å². The highest BCUT2D eigenvalue weighted by Gasteiger charge is 2.16. The molecule has 0 saturated carbocycles. The average molecular weight is 234 g/mol. The second-order valence-corrected chi connectivity index (χ2v) is 4.85. The Labute approximate surface area is 104 Å². The highest BCUT2D eigenvalue weighted by Crippen LogP contribution is 2.08. The molecule has 1 amide bonds. The normalized spacial score (nSPS) is 12.5. The Kier molecular flexibility index (Phi) is 5.16. The summed E-state index contributed by atoms with van der Waals surface area (Å²) >= 11 is 0. The third kappa shape index (κ3) is 4.57. The van der Waals surface area contributed by atoms with Crippen molar-refractivity contribution in [2.75, 3.05) is 7.05 Å². The lowest BCUT2D eigenvalue weighted by atomic mass is 10.0. The van der Waals surface area contributed by atoms with E-state index in [0.29, 0.717) is 18.9 Å². The highest BCUT2D eigenvalue weighted by atomic mass is 16.2. The zero-order chi connectivity index (χ0) is 12.8. The minimum Gasteiger partial charge on any atom is -0.341 e. The van der Waals surface area contributed by atoms with E-state index in [1.807, 2.05) is 51.2 Å². The van der Waals surface area contributed by atoms with Gasteiger partial charge in [-0.25, -0.2) is 0 Å². The van der Waals surface area contributed by atoms with Crippen molar-refractivity contribution in [1.29, 1.82) is 0 Å². The van der Waals surface area contributed by atoms with Gasteiger partial charge in [-0.2, -0.15) is 0 Å². The van der Waals surface area contributed by atoms with Gasteiger partial charge in [0.1, 0.15) is 0 Å². The first-order valence-electron chi connectivity index (χ1n) is 6.04. The van der Waals surface area contributed by atoms with Gasteiger partial charge < -0.3 is 10.6 Å². The van der Waals surface area contributed by atoms with Crippen molar-refractivity contribution in [2.24, 2.45) is 11.7 Å². The maximum atomic E-state index is 11.9. The Morgan fingerprint density at radius 1 is 1.29 bits per heavy atom. The second kappa shape index (κ2) is 6.40. The average Bonchev–Trinajstić information content (AvgIpc) is 2.29. The molecule has 0 aliphatic carbocycles. The molecule has 94 valence electrons. The number of nitrogens with zero attached hydrogens (tertiary/aromatic N) is 1. The number of carbonyl (C=O) groups is 1. The fourth-order valence-corrected chi connectivity index (χ4v) is 1.54. The SMILES string of the molecule is CC(C)C(N)CC(=O)N(C)Cc1ccccc1. The first-order valence-corrected chi connectivity index (χ1v) is 6.04. The zero-order valence-corrected chi connectivity index (χ0v) is 10.9. The van der Waals surface area contributed by atoms with E-state index in [2.05, 4.69) is 0 Å². The Hall–Kier alpha value is -1.35. The van der Waals surface area contributed by atoms with E-state index in [1.165, 1.54) is 0 Å². The van der Waals surface area contributed by atoms with Crippen LogP contribution >= 0.6 is 0 Å². The predicted molar refractivity (Wildman–Crippen MR) is 70.3 cm³/mol. The Morgan fingerprint density at radius 3 is 2.41 bits per heavy atom. The van der Waals surface area contributed by atoms with Crippen LogP contribution in [0, 0.1) is 5.92 Å². The number of rotatable bonds is 5. The second-order valence-electron chi connectivity index (χ2n) is 4.85. The summed E-state index contributed by atoms with van der Waals surface area (Å²) in [5.41, 5.74) is 7.04. The van der Waals surface area contributed by atoms with Gasteiger partial charge in [-0.15, -0.1) is 0 Å². The Bertz CT molecular complexity index is 348. The van der Waals surface area contributed by atoms with Crippen molar-refractivity contribution in [3.8, 4) is 0 Å². The molecule has 1 unspecified atom stereocenters. The molecule has 2 N–H and O–H groups in total. The number of amides is 1. The van der Waals surface area contributed by atoms with Crippen LogP contribution in [0.1, 0.15) is 25.8 Å². The van der Waals surface area contributed by atoms with E-state index in [0.717, 1.165) is 5.56 Å². The molecule has 0 radical (unpaired) electrons. The van der Waals surface area contributed by atoms with Gasteiger partial charge in [0.05, 0.1) is 0 Å². The lowest BCUT2D eigenvalue weighted by Gasteiger charge is -2.21. The molecule has 3 heteroatoms. The fourth-order valence-electron chi connectivity index (χ4n) is 1.54. The summed E-state index contributed by atoms with van der Waals surface area (Å²) in [5, 5.41) is 0. The van der Waals surface area contributed by atoms with E-state index in [9.17, 15) is 4.79 Å². The number of carbonyl (C=O) groups excluding carboxylic acids is 1. The summed E-state index contributed by atoms with van der Waals surface area (Å²) in [6.45, 7) is 4.72. The molecule has 1 rings (SSSR count). The summed E-state index contributed by atoms with van der Waals surface area (Å²) in [6, 6.07) is 9.92. The lowest BCUT2D eigenvalue weighted by Crippen LogP contribution is -2.35. The molecule has 3 nitrogen and oxygen atoms in total. The predicted octanol–water partition coefficient (Wildman–Crippen LogP) is 2.02. The minimum absolute atomic E-state index is 0.0549. The Balaban J connectivity index is 2.48. The maximum Gasteiger partial charge on any atom is 0.224 e. The van der Waals surface area contributed by atoms with Crippen LogP contribution in [0.4, 0.5) is 0 Å². The van der Waals surface area contributed by atoms with Gasteiger partial charge in [-0.3, -0.25) is 4.79 Å². The first-order chi connectivity index (χ1) is 8.00. The van der Waals surface area contributed by atoms with Crippen LogP contribution in [-0.2, 0) is 11.3 Å². The quantitative estimate of drug-likeness (QED) is 0.847. The number of hydrogen-bond acceptors (Lipinski definition) is 2. The summed E-state index contributed by atoms with van der Waals surface area (Å²) in [7, 11) is 1.82. The first kappa shape index (κ1) is 13.7. The molecule has 17 heavy (non-hydrogen) atoms. The molecule has 0 fully saturated rings. The molecule has 1 aromatic rings. The van der Waals surface area contributed by atoms with Gasteiger partial charge in [0, 0.05) is 26.1 Å². The van der Waals surface area contributed by atoms with E-state index in [4.69, 9.17) is 5.73 Å². The molecule has 0 aromatic heterocycles. The zero-order valence-electron chi connectivity index (χ0n) is 10.9. The van der Waals surface area contributed by atoms with E-state index in [-0.39, 0.29) is 11.9 Å². The van der Waals surface area contributed by atoms with Crippen LogP contribution in [-0.4, -0.2) is 23.9 Å². The third-order valence-corrected chi connectivity index (χ3v) is 2.95. The van der Waals surface area contributed by atoms with Crippen molar-refractivity contribution in [3.05, 3.63) is 35.9 Å². The van der Waals surface area contributed by atoms with Gasteiger partial charge in [-0.05, 0) is 11.5 Å². The van der Waals surface area contributed by atoms with Crippen LogP contribution < -0.4 is 5.73 Å². The molecule has 0 bridgehead atoms.